The molecule has 0 saturated heterocycles. The van der Waals surface area contributed by atoms with E-state index in [1.165, 1.54) is 11.3 Å². The van der Waals surface area contributed by atoms with E-state index in [1.807, 2.05) is 13.8 Å². The van der Waals surface area contributed by atoms with Crippen LogP contribution >= 0.6 is 11.3 Å². The Labute approximate surface area is 86.6 Å². The van der Waals surface area contributed by atoms with Crippen LogP contribution in [0.2, 0.25) is 0 Å². The minimum Gasteiger partial charge on any atom is -0.369 e. The predicted molar refractivity (Wildman–Crippen MR) is 60.1 cm³/mol. The van der Waals surface area contributed by atoms with Gasteiger partial charge in [-0.05, 0) is 6.92 Å². The van der Waals surface area contributed by atoms with Gasteiger partial charge in [0.15, 0.2) is 5.13 Å². The van der Waals surface area contributed by atoms with E-state index in [2.05, 4.69) is 15.3 Å². The van der Waals surface area contributed by atoms with E-state index in [1.54, 1.807) is 6.20 Å². The number of nitrogens with one attached hydrogen (secondary N) is 2. The van der Waals surface area contributed by atoms with E-state index in [9.17, 15) is 0 Å². The van der Waals surface area contributed by atoms with E-state index in [4.69, 9.17) is 11.1 Å². The molecule has 4 N–H and O–H groups in total. The Morgan fingerprint density at radius 2 is 2.50 bits per heavy atom. The van der Waals surface area contributed by atoms with Gasteiger partial charge in [-0.15, -0.1) is 11.3 Å². The van der Waals surface area contributed by atoms with Crippen LogP contribution in [0.15, 0.2) is 11.2 Å². The molecule has 6 heteroatoms. The molecule has 0 radical (unpaired) electrons. The predicted octanol–water partition coefficient (Wildman–Crippen LogP) is 1.57. The second kappa shape index (κ2) is 4.71. The van der Waals surface area contributed by atoms with Crippen molar-refractivity contribution in [3.05, 3.63) is 11.1 Å². The van der Waals surface area contributed by atoms with Crippen molar-refractivity contribution < 1.29 is 0 Å². The number of aryl methyl sites for hydroxylation is 1. The Hall–Kier alpha value is -1.43. The van der Waals surface area contributed by atoms with Crippen molar-refractivity contribution in [1.82, 2.24) is 4.98 Å². The van der Waals surface area contributed by atoms with Crippen LogP contribution in [-0.4, -0.2) is 16.8 Å². The number of hydrogen-bond donors (Lipinski definition) is 3. The molecule has 1 rings (SSSR count). The second-order valence-corrected chi connectivity index (χ2v) is 3.93. The standard InChI is InChI=1S/C8H13N5S/c1-3-6(9)12-7(10)13-8-11-4-5(2)14-8/h4H,3H2,1-2H3,(H4,9,10,11,12,13). The summed E-state index contributed by atoms with van der Waals surface area (Å²) in [6.45, 7) is 3.82. The lowest BCUT2D eigenvalue weighted by Gasteiger charge is -2.00. The maximum Gasteiger partial charge on any atom is 0.201 e. The van der Waals surface area contributed by atoms with Crippen LogP contribution in [0, 0.1) is 12.3 Å². The fraction of sp³-hybridized carbons (Fsp3) is 0.375. The first kappa shape index (κ1) is 10.6. The minimum atomic E-state index is 0.214. The molecular formula is C8H13N5S. The molecule has 0 fully saturated rings. The van der Waals surface area contributed by atoms with Crippen molar-refractivity contribution in [3.8, 4) is 0 Å². The summed E-state index contributed by atoms with van der Waals surface area (Å²) in [4.78, 5) is 9.00. The zero-order chi connectivity index (χ0) is 10.6. The summed E-state index contributed by atoms with van der Waals surface area (Å²) in [5, 5.41) is 10.8. The van der Waals surface area contributed by atoms with Gasteiger partial charge in [0, 0.05) is 17.5 Å². The van der Waals surface area contributed by atoms with Gasteiger partial charge in [0.25, 0.3) is 0 Å². The zero-order valence-corrected chi connectivity index (χ0v) is 8.98. The lowest BCUT2D eigenvalue weighted by molar-refractivity contribution is 1.20. The quantitative estimate of drug-likeness (QED) is 0.512. The molecule has 76 valence electrons. The highest BCUT2D eigenvalue weighted by molar-refractivity contribution is 7.15. The molecular weight excluding hydrogens is 198 g/mol. The molecule has 1 heterocycles. The summed E-state index contributed by atoms with van der Waals surface area (Å²) in [7, 11) is 0. The fourth-order valence-corrected chi connectivity index (χ4v) is 1.45. The molecule has 14 heavy (non-hydrogen) atoms. The number of rotatable bonds is 2. The SMILES string of the molecule is CCC(=N)/N=C(\N)Nc1ncc(C)s1. The van der Waals surface area contributed by atoms with Crippen molar-refractivity contribution in [2.45, 2.75) is 20.3 Å². The van der Waals surface area contributed by atoms with E-state index in [0.29, 0.717) is 11.6 Å². The summed E-state index contributed by atoms with van der Waals surface area (Å²) in [5.74, 6) is 0.467. The number of hydrogen-bond acceptors (Lipinski definition) is 3. The van der Waals surface area contributed by atoms with E-state index < -0.39 is 0 Å². The maximum atomic E-state index is 7.31. The molecule has 0 aliphatic heterocycles. The van der Waals surface area contributed by atoms with Crippen LogP contribution in [0.25, 0.3) is 0 Å². The third-order valence-electron chi connectivity index (χ3n) is 1.45. The summed E-state index contributed by atoms with van der Waals surface area (Å²) in [6, 6.07) is 0. The summed E-state index contributed by atoms with van der Waals surface area (Å²) >= 11 is 1.50. The number of aromatic nitrogens is 1. The van der Waals surface area contributed by atoms with Crippen molar-refractivity contribution in [3.63, 3.8) is 0 Å². The molecule has 0 aliphatic rings. The maximum absolute atomic E-state index is 7.31. The average molecular weight is 211 g/mol. The zero-order valence-electron chi connectivity index (χ0n) is 8.16. The van der Waals surface area contributed by atoms with Gasteiger partial charge in [-0.25, -0.2) is 9.98 Å². The number of amidine groups is 1. The van der Waals surface area contributed by atoms with Gasteiger partial charge in [-0.1, -0.05) is 6.92 Å². The monoisotopic (exact) mass is 211 g/mol. The van der Waals surface area contributed by atoms with Gasteiger partial charge < -0.3 is 11.1 Å². The van der Waals surface area contributed by atoms with Crippen molar-refractivity contribution >= 4 is 28.3 Å². The molecule has 0 saturated carbocycles. The van der Waals surface area contributed by atoms with Crippen molar-refractivity contribution in [2.24, 2.45) is 10.7 Å². The smallest absolute Gasteiger partial charge is 0.201 e. The van der Waals surface area contributed by atoms with Gasteiger partial charge in [0.2, 0.25) is 5.96 Å². The Morgan fingerprint density at radius 1 is 1.79 bits per heavy atom. The lowest BCUT2D eigenvalue weighted by Crippen LogP contribution is -2.23. The summed E-state index contributed by atoms with van der Waals surface area (Å²) in [6.07, 6.45) is 2.32. The molecule has 1 aromatic heterocycles. The molecule has 0 unspecified atom stereocenters. The first-order valence-corrected chi connectivity index (χ1v) is 5.04. The van der Waals surface area contributed by atoms with E-state index >= 15 is 0 Å². The fourth-order valence-electron chi connectivity index (χ4n) is 0.774. The van der Waals surface area contributed by atoms with Crippen LogP contribution in [0.1, 0.15) is 18.2 Å². The number of nitrogens with two attached hydrogens (primary N) is 1. The van der Waals surface area contributed by atoms with Gasteiger partial charge in [-0.2, -0.15) is 0 Å². The first-order valence-electron chi connectivity index (χ1n) is 4.23. The Morgan fingerprint density at radius 3 is 3.00 bits per heavy atom. The Bertz CT molecular complexity index is 354. The van der Waals surface area contributed by atoms with Crippen molar-refractivity contribution in [1.29, 1.82) is 5.41 Å². The van der Waals surface area contributed by atoms with Gasteiger partial charge >= 0.3 is 0 Å². The Kier molecular flexibility index (Phi) is 3.58. The largest absolute Gasteiger partial charge is 0.369 e. The van der Waals surface area contributed by atoms with Crippen molar-refractivity contribution in [2.75, 3.05) is 5.32 Å². The molecule has 0 atom stereocenters. The third kappa shape index (κ3) is 3.14. The summed E-state index contributed by atoms with van der Waals surface area (Å²) in [5.41, 5.74) is 5.56. The van der Waals surface area contributed by atoms with E-state index in [0.717, 1.165) is 4.88 Å². The van der Waals surface area contributed by atoms with E-state index in [-0.39, 0.29) is 11.8 Å². The van der Waals surface area contributed by atoms with Crippen LogP contribution < -0.4 is 11.1 Å². The summed E-state index contributed by atoms with van der Waals surface area (Å²) < 4.78 is 0. The Balaban J connectivity index is 2.61. The van der Waals surface area contributed by atoms with Crippen LogP contribution in [-0.2, 0) is 0 Å². The number of guanidine groups is 1. The van der Waals surface area contributed by atoms with Crippen LogP contribution in [0.3, 0.4) is 0 Å². The number of anilines is 1. The number of nitrogens with zero attached hydrogens (tertiary/aromatic N) is 2. The van der Waals surface area contributed by atoms with Crippen LogP contribution in [0.4, 0.5) is 5.13 Å². The highest BCUT2D eigenvalue weighted by Crippen LogP contribution is 2.15. The minimum absolute atomic E-state index is 0.214. The molecule has 0 bridgehead atoms. The highest BCUT2D eigenvalue weighted by Gasteiger charge is 1.99. The highest BCUT2D eigenvalue weighted by atomic mass is 32.1. The number of thiazole rings is 1. The second-order valence-electron chi connectivity index (χ2n) is 2.70. The first-order chi connectivity index (χ1) is 6.61. The third-order valence-corrected chi connectivity index (χ3v) is 2.27. The molecule has 0 aromatic carbocycles. The van der Waals surface area contributed by atoms with Gasteiger partial charge in [0.1, 0.15) is 5.84 Å². The number of aliphatic imine (C=N–C) groups is 1. The normalized spacial score (nSPS) is 11.4. The molecule has 1 aromatic rings. The average Bonchev–Trinajstić information content (AvgIpc) is 2.50. The van der Waals surface area contributed by atoms with Gasteiger partial charge in [0.05, 0.1) is 0 Å². The lowest BCUT2D eigenvalue weighted by atomic mass is 10.5. The molecule has 5 nitrogen and oxygen atoms in total. The molecule has 0 amide bonds. The molecule has 0 spiro atoms. The molecule has 0 aliphatic carbocycles. The van der Waals surface area contributed by atoms with Crippen LogP contribution in [0.5, 0.6) is 0 Å². The topological polar surface area (TPSA) is 87.2 Å². The van der Waals surface area contributed by atoms with Gasteiger partial charge in [-0.3, -0.25) is 5.41 Å².